The molecule has 0 aliphatic rings. The number of hydrogen-bond donors (Lipinski definition) is 2. The number of nitrogens with zero attached hydrogens (tertiary/aromatic N) is 3. The largest absolute Gasteiger partial charge is 0.505 e. The molecule has 0 unspecified atom stereocenters. The second-order valence-electron chi connectivity index (χ2n) is 3.52. The SMILES string of the molecule is COc1cc(NC(=O)c2ncccc2O)nn1C. The lowest BCUT2D eigenvalue weighted by molar-refractivity contribution is 0.101. The van der Waals surface area contributed by atoms with Crippen molar-refractivity contribution in [1.82, 2.24) is 14.8 Å². The van der Waals surface area contributed by atoms with Gasteiger partial charge in [0.25, 0.3) is 5.91 Å². The van der Waals surface area contributed by atoms with E-state index in [9.17, 15) is 9.90 Å². The molecular formula is C11H12N4O3. The number of amides is 1. The van der Waals surface area contributed by atoms with Gasteiger partial charge >= 0.3 is 0 Å². The first-order valence-electron chi connectivity index (χ1n) is 5.15. The highest BCUT2D eigenvalue weighted by Crippen LogP contribution is 2.18. The standard InChI is InChI=1S/C11H12N4O3/c1-15-9(18-2)6-8(14-15)13-11(17)10-7(16)4-3-5-12-10/h3-6,16H,1-2H3,(H,13,14,17). The maximum absolute atomic E-state index is 11.8. The summed E-state index contributed by atoms with van der Waals surface area (Å²) in [7, 11) is 3.19. The van der Waals surface area contributed by atoms with Crippen molar-refractivity contribution in [3.63, 3.8) is 0 Å². The molecule has 1 amide bonds. The Kier molecular flexibility index (Phi) is 3.13. The Bertz CT molecular complexity index is 579. The fraction of sp³-hybridized carbons (Fsp3) is 0.182. The predicted octanol–water partition coefficient (Wildman–Crippen LogP) is 0.782. The molecule has 2 heterocycles. The van der Waals surface area contributed by atoms with Crippen LogP contribution in [0, 0.1) is 0 Å². The van der Waals surface area contributed by atoms with Crippen molar-refractivity contribution in [2.75, 3.05) is 12.4 Å². The summed E-state index contributed by atoms with van der Waals surface area (Å²) in [6.07, 6.45) is 1.42. The Morgan fingerprint density at radius 2 is 2.33 bits per heavy atom. The van der Waals surface area contributed by atoms with Gasteiger partial charge in [-0.25, -0.2) is 9.67 Å². The van der Waals surface area contributed by atoms with Crippen molar-refractivity contribution in [1.29, 1.82) is 0 Å². The first-order valence-corrected chi connectivity index (χ1v) is 5.15. The van der Waals surface area contributed by atoms with E-state index in [0.29, 0.717) is 11.7 Å². The number of ether oxygens (including phenoxy) is 1. The second kappa shape index (κ2) is 4.74. The van der Waals surface area contributed by atoms with Crippen LogP contribution in [-0.4, -0.2) is 32.9 Å². The summed E-state index contributed by atoms with van der Waals surface area (Å²) in [5.41, 5.74) is -0.0536. The molecule has 0 saturated heterocycles. The van der Waals surface area contributed by atoms with Gasteiger partial charge in [-0.2, -0.15) is 5.10 Å². The highest BCUT2D eigenvalue weighted by atomic mass is 16.5. The summed E-state index contributed by atoms with van der Waals surface area (Å²) in [5, 5.41) is 16.0. The molecule has 0 fully saturated rings. The van der Waals surface area contributed by atoms with E-state index < -0.39 is 5.91 Å². The van der Waals surface area contributed by atoms with E-state index in [1.54, 1.807) is 13.1 Å². The third-order valence-corrected chi connectivity index (χ3v) is 2.29. The minimum atomic E-state index is -0.533. The predicted molar refractivity (Wildman–Crippen MR) is 63.6 cm³/mol. The fourth-order valence-corrected chi connectivity index (χ4v) is 1.45. The maximum Gasteiger partial charge on any atom is 0.279 e. The number of methoxy groups -OCH3 is 1. The van der Waals surface area contributed by atoms with E-state index in [2.05, 4.69) is 15.4 Å². The molecule has 2 rings (SSSR count). The van der Waals surface area contributed by atoms with Crippen LogP contribution in [0.3, 0.4) is 0 Å². The third kappa shape index (κ3) is 2.24. The van der Waals surface area contributed by atoms with Gasteiger partial charge in [0.15, 0.2) is 11.5 Å². The van der Waals surface area contributed by atoms with Gasteiger partial charge in [0.2, 0.25) is 5.88 Å². The van der Waals surface area contributed by atoms with E-state index in [1.807, 2.05) is 0 Å². The van der Waals surface area contributed by atoms with Crippen LogP contribution in [0.4, 0.5) is 5.82 Å². The fourth-order valence-electron chi connectivity index (χ4n) is 1.45. The molecule has 0 bridgehead atoms. The van der Waals surface area contributed by atoms with E-state index in [1.165, 1.54) is 30.1 Å². The van der Waals surface area contributed by atoms with Gasteiger partial charge in [-0.05, 0) is 12.1 Å². The molecule has 0 saturated carbocycles. The van der Waals surface area contributed by atoms with Gasteiger partial charge in [0.1, 0.15) is 5.75 Å². The Hall–Kier alpha value is -2.57. The van der Waals surface area contributed by atoms with Crippen LogP contribution >= 0.6 is 0 Å². The number of nitrogens with one attached hydrogen (secondary N) is 1. The molecule has 0 aromatic carbocycles. The molecule has 0 radical (unpaired) electrons. The average molecular weight is 248 g/mol. The van der Waals surface area contributed by atoms with Crippen molar-refractivity contribution in [2.24, 2.45) is 7.05 Å². The molecule has 7 heteroatoms. The minimum absolute atomic E-state index is 0.0536. The van der Waals surface area contributed by atoms with Crippen LogP contribution in [0.25, 0.3) is 0 Å². The Morgan fingerprint density at radius 1 is 1.56 bits per heavy atom. The minimum Gasteiger partial charge on any atom is -0.505 e. The summed E-state index contributed by atoms with van der Waals surface area (Å²) >= 11 is 0. The lowest BCUT2D eigenvalue weighted by atomic mass is 10.3. The van der Waals surface area contributed by atoms with Crippen LogP contribution in [-0.2, 0) is 7.05 Å². The lowest BCUT2D eigenvalue weighted by Crippen LogP contribution is -2.14. The molecule has 18 heavy (non-hydrogen) atoms. The molecular weight excluding hydrogens is 236 g/mol. The van der Waals surface area contributed by atoms with Crippen LogP contribution in [0.2, 0.25) is 0 Å². The van der Waals surface area contributed by atoms with Gasteiger partial charge in [-0.3, -0.25) is 4.79 Å². The number of aromatic hydroxyl groups is 1. The van der Waals surface area contributed by atoms with Crippen LogP contribution < -0.4 is 10.1 Å². The maximum atomic E-state index is 11.8. The number of rotatable bonds is 3. The van der Waals surface area contributed by atoms with E-state index in [-0.39, 0.29) is 11.4 Å². The van der Waals surface area contributed by atoms with E-state index >= 15 is 0 Å². The van der Waals surface area contributed by atoms with E-state index in [0.717, 1.165) is 0 Å². The first kappa shape index (κ1) is 11.9. The topological polar surface area (TPSA) is 89.3 Å². The summed E-state index contributed by atoms with van der Waals surface area (Å²) < 4.78 is 6.50. The van der Waals surface area contributed by atoms with Crippen LogP contribution in [0.1, 0.15) is 10.5 Å². The van der Waals surface area contributed by atoms with Gasteiger partial charge in [0, 0.05) is 19.3 Å². The van der Waals surface area contributed by atoms with Crippen LogP contribution in [0.5, 0.6) is 11.6 Å². The Morgan fingerprint density at radius 3 is 2.94 bits per heavy atom. The summed E-state index contributed by atoms with van der Waals surface area (Å²) in [6, 6.07) is 4.49. The number of aryl methyl sites for hydroxylation is 1. The van der Waals surface area contributed by atoms with Crippen molar-refractivity contribution >= 4 is 11.7 Å². The number of carbonyl (C=O) groups is 1. The third-order valence-electron chi connectivity index (χ3n) is 2.29. The highest BCUT2D eigenvalue weighted by molar-refractivity contribution is 6.04. The molecule has 0 atom stereocenters. The number of anilines is 1. The van der Waals surface area contributed by atoms with Crippen molar-refractivity contribution in [3.8, 4) is 11.6 Å². The second-order valence-corrected chi connectivity index (χ2v) is 3.52. The smallest absolute Gasteiger partial charge is 0.279 e. The molecule has 2 aromatic rings. The van der Waals surface area contributed by atoms with Crippen LogP contribution in [0.15, 0.2) is 24.4 Å². The number of aromatic nitrogens is 3. The zero-order valence-electron chi connectivity index (χ0n) is 9.91. The van der Waals surface area contributed by atoms with Crippen molar-refractivity contribution in [2.45, 2.75) is 0 Å². The molecule has 2 aromatic heterocycles. The summed E-state index contributed by atoms with van der Waals surface area (Å²) in [4.78, 5) is 15.6. The number of hydrogen-bond acceptors (Lipinski definition) is 5. The van der Waals surface area contributed by atoms with Gasteiger partial charge in [-0.15, -0.1) is 0 Å². The lowest BCUT2D eigenvalue weighted by Gasteiger charge is -2.02. The molecule has 2 N–H and O–H groups in total. The summed E-state index contributed by atoms with van der Waals surface area (Å²) in [6.45, 7) is 0. The van der Waals surface area contributed by atoms with E-state index in [4.69, 9.17) is 4.74 Å². The van der Waals surface area contributed by atoms with Crippen molar-refractivity contribution in [3.05, 3.63) is 30.1 Å². The molecule has 0 spiro atoms. The monoisotopic (exact) mass is 248 g/mol. The van der Waals surface area contributed by atoms with Gasteiger partial charge < -0.3 is 15.2 Å². The van der Waals surface area contributed by atoms with Gasteiger partial charge in [-0.1, -0.05) is 0 Å². The van der Waals surface area contributed by atoms with Gasteiger partial charge in [0.05, 0.1) is 7.11 Å². The molecule has 7 nitrogen and oxygen atoms in total. The first-order chi connectivity index (χ1) is 8.61. The normalized spacial score (nSPS) is 10.1. The average Bonchev–Trinajstić information content (AvgIpc) is 2.69. The molecule has 0 aliphatic heterocycles. The highest BCUT2D eigenvalue weighted by Gasteiger charge is 2.14. The zero-order valence-corrected chi connectivity index (χ0v) is 9.91. The number of pyridine rings is 1. The summed E-state index contributed by atoms with van der Waals surface area (Å²) in [5.74, 6) is 0.117. The quantitative estimate of drug-likeness (QED) is 0.837. The van der Waals surface area contributed by atoms with Crippen molar-refractivity contribution < 1.29 is 14.6 Å². The molecule has 94 valence electrons. The Labute approximate surface area is 103 Å². The molecule has 0 aliphatic carbocycles. The number of carbonyl (C=O) groups excluding carboxylic acids is 1. The Balaban J connectivity index is 2.19. The zero-order chi connectivity index (χ0) is 13.1.